The van der Waals surface area contributed by atoms with Crippen molar-refractivity contribution in [1.82, 2.24) is 19.9 Å². The summed E-state index contributed by atoms with van der Waals surface area (Å²) in [6.07, 6.45) is 1.27. The van der Waals surface area contributed by atoms with Crippen molar-refractivity contribution >= 4 is 0 Å². The van der Waals surface area contributed by atoms with Crippen LogP contribution in [0.3, 0.4) is 0 Å². The summed E-state index contributed by atoms with van der Waals surface area (Å²) < 4.78 is 10.6. The normalized spacial score (nSPS) is 20.6. The van der Waals surface area contributed by atoms with Crippen LogP contribution in [0.2, 0.25) is 0 Å². The molecule has 0 unspecified atom stereocenters. The minimum atomic E-state index is 0.582. The Morgan fingerprint density at radius 2 is 1.57 bits per heavy atom. The molecule has 156 valence electrons. The molecule has 0 amide bonds. The first kappa shape index (κ1) is 19.4. The molecule has 0 N–H and O–H groups in total. The number of morpholine rings is 1. The van der Waals surface area contributed by atoms with Crippen LogP contribution in [0.5, 0.6) is 0 Å². The van der Waals surface area contributed by atoms with Gasteiger partial charge in [0.2, 0.25) is 11.7 Å². The number of aryl methyl sites for hydroxylation is 1. The second kappa shape index (κ2) is 8.68. The molecule has 3 heterocycles. The molecule has 2 aliphatic rings. The van der Waals surface area contributed by atoms with E-state index < -0.39 is 0 Å². The van der Waals surface area contributed by atoms with E-state index in [0.29, 0.717) is 17.8 Å². The van der Waals surface area contributed by atoms with E-state index in [2.05, 4.69) is 56.3 Å². The highest BCUT2D eigenvalue weighted by Gasteiger charge is 2.28. The molecule has 2 saturated heterocycles. The van der Waals surface area contributed by atoms with Crippen molar-refractivity contribution in [3.05, 3.63) is 60.0 Å². The maximum absolute atomic E-state index is 5.49. The van der Waals surface area contributed by atoms with Gasteiger partial charge in [-0.2, -0.15) is 4.98 Å². The van der Waals surface area contributed by atoms with Gasteiger partial charge in [-0.1, -0.05) is 53.7 Å². The molecule has 5 rings (SSSR count). The van der Waals surface area contributed by atoms with Gasteiger partial charge >= 0.3 is 0 Å². The molecule has 1 aromatic heterocycles. The minimum absolute atomic E-state index is 0.582. The zero-order valence-electron chi connectivity index (χ0n) is 17.5. The Balaban J connectivity index is 1.19. The maximum atomic E-state index is 5.49. The lowest BCUT2D eigenvalue weighted by Crippen LogP contribution is -2.44. The van der Waals surface area contributed by atoms with E-state index in [0.717, 1.165) is 38.4 Å². The van der Waals surface area contributed by atoms with Gasteiger partial charge in [0.25, 0.3) is 0 Å². The Hall–Kier alpha value is -2.54. The van der Waals surface area contributed by atoms with Crippen molar-refractivity contribution in [2.24, 2.45) is 0 Å². The number of rotatable bonds is 5. The summed E-state index contributed by atoms with van der Waals surface area (Å²) >= 11 is 0. The zero-order chi connectivity index (χ0) is 20.3. The van der Waals surface area contributed by atoms with Gasteiger partial charge in [-0.05, 0) is 23.1 Å². The molecule has 1 atom stereocenters. The summed E-state index contributed by atoms with van der Waals surface area (Å²) in [5.41, 5.74) is 4.76. The fourth-order valence-electron chi connectivity index (χ4n) is 4.49. The molecule has 3 aromatic rings. The van der Waals surface area contributed by atoms with Crippen molar-refractivity contribution < 1.29 is 9.26 Å². The lowest BCUT2D eigenvalue weighted by atomic mass is 10.0. The molecule has 30 heavy (non-hydrogen) atoms. The highest BCUT2D eigenvalue weighted by Crippen LogP contribution is 2.25. The van der Waals surface area contributed by atoms with Crippen LogP contribution in [0.15, 0.2) is 53.1 Å². The number of benzene rings is 2. The lowest BCUT2D eigenvalue weighted by Gasteiger charge is -2.32. The molecule has 2 aromatic carbocycles. The topological polar surface area (TPSA) is 54.6 Å². The molecule has 2 aliphatic heterocycles. The number of nitrogens with zero attached hydrogens (tertiary/aromatic N) is 4. The number of likely N-dealkylation sites (tertiary alicyclic amines) is 1. The average Bonchev–Trinajstić information content (AvgIpc) is 3.44. The molecule has 0 spiro atoms. The fourth-order valence-corrected chi connectivity index (χ4v) is 4.49. The van der Waals surface area contributed by atoms with Crippen LogP contribution in [0.1, 0.15) is 17.9 Å². The molecular weight excluding hydrogens is 376 g/mol. The van der Waals surface area contributed by atoms with Gasteiger partial charge < -0.3 is 9.26 Å². The standard InChI is InChI=1S/C24H28N4O2/c1-18-25-24(26-30-18)22-8-6-21(7-9-22)20-4-2-19(3-5-20)16-27-11-10-23(17-27)28-12-14-29-15-13-28/h2-9,23H,10-17H2,1H3/t23-/m0/s1. The van der Waals surface area contributed by atoms with Crippen LogP contribution in [-0.2, 0) is 11.3 Å². The number of aromatic nitrogens is 2. The van der Waals surface area contributed by atoms with Crippen LogP contribution in [0.4, 0.5) is 0 Å². The molecule has 0 aliphatic carbocycles. The van der Waals surface area contributed by atoms with E-state index in [1.54, 1.807) is 6.92 Å². The van der Waals surface area contributed by atoms with Crippen LogP contribution >= 0.6 is 0 Å². The highest BCUT2D eigenvalue weighted by molar-refractivity contribution is 5.67. The van der Waals surface area contributed by atoms with Crippen LogP contribution in [0, 0.1) is 6.92 Å². The molecule has 6 nitrogen and oxygen atoms in total. The Morgan fingerprint density at radius 3 is 2.23 bits per heavy atom. The molecule has 6 heteroatoms. The summed E-state index contributed by atoms with van der Waals surface area (Å²) in [6.45, 7) is 9.10. The van der Waals surface area contributed by atoms with E-state index in [1.807, 2.05) is 12.1 Å². The van der Waals surface area contributed by atoms with E-state index in [4.69, 9.17) is 9.26 Å². The minimum Gasteiger partial charge on any atom is -0.379 e. The van der Waals surface area contributed by atoms with Gasteiger partial charge in [0.1, 0.15) is 0 Å². The SMILES string of the molecule is Cc1nc(-c2ccc(-c3ccc(CN4CC[C@H](N5CCOCC5)C4)cc3)cc2)no1. The first-order valence-corrected chi connectivity index (χ1v) is 10.8. The van der Waals surface area contributed by atoms with Gasteiger partial charge in [-0.15, -0.1) is 0 Å². The summed E-state index contributed by atoms with van der Waals surface area (Å²) in [7, 11) is 0. The van der Waals surface area contributed by atoms with Crippen molar-refractivity contribution in [3.8, 4) is 22.5 Å². The summed E-state index contributed by atoms with van der Waals surface area (Å²) in [6, 6.07) is 18.0. The van der Waals surface area contributed by atoms with E-state index in [9.17, 15) is 0 Å². The van der Waals surface area contributed by atoms with Crippen LogP contribution in [-0.4, -0.2) is 65.4 Å². The van der Waals surface area contributed by atoms with Gasteiger partial charge in [0.15, 0.2) is 0 Å². The largest absolute Gasteiger partial charge is 0.379 e. The van der Waals surface area contributed by atoms with Crippen molar-refractivity contribution in [2.75, 3.05) is 39.4 Å². The molecule has 0 bridgehead atoms. The van der Waals surface area contributed by atoms with E-state index in [1.165, 1.54) is 36.2 Å². The molecule has 0 radical (unpaired) electrons. The third kappa shape index (κ3) is 4.31. The fraction of sp³-hybridized carbons (Fsp3) is 0.417. The number of ether oxygens (including phenoxy) is 1. The first-order valence-electron chi connectivity index (χ1n) is 10.8. The lowest BCUT2D eigenvalue weighted by molar-refractivity contribution is 0.0184. The highest BCUT2D eigenvalue weighted by atomic mass is 16.5. The Bertz CT molecular complexity index is 962. The molecule has 0 saturated carbocycles. The first-order chi connectivity index (χ1) is 14.7. The quantitative estimate of drug-likeness (QED) is 0.647. The predicted molar refractivity (Wildman–Crippen MR) is 116 cm³/mol. The van der Waals surface area contributed by atoms with Crippen LogP contribution < -0.4 is 0 Å². The third-order valence-corrected chi connectivity index (χ3v) is 6.17. The smallest absolute Gasteiger partial charge is 0.223 e. The monoisotopic (exact) mass is 404 g/mol. The summed E-state index contributed by atoms with van der Waals surface area (Å²) in [5.74, 6) is 1.22. The zero-order valence-corrected chi connectivity index (χ0v) is 17.5. The van der Waals surface area contributed by atoms with Crippen molar-refractivity contribution in [1.29, 1.82) is 0 Å². The molecule has 2 fully saturated rings. The third-order valence-electron chi connectivity index (χ3n) is 6.17. The predicted octanol–water partition coefficient (Wildman–Crippen LogP) is 3.62. The van der Waals surface area contributed by atoms with Crippen molar-refractivity contribution in [2.45, 2.75) is 25.9 Å². The maximum Gasteiger partial charge on any atom is 0.223 e. The Labute approximate surface area is 177 Å². The van der Waals surface area contributed by atoms with Crippen LogP contribution in [0.25, 0.3) is 22.5 Å². The number of hydrogen-bond acceptors (Lipinski definition) is 6. The Morgan fingerprint density at radius 1 is 0.900 bits per heavy atom. The molecular formula is C24H28N4O2. The van der Waals surface area contributed by atoms with Crippen molar-refractivity contribution in [3.63, 3.8) is 0 Å². The second-order valence-corrected chi connectivity index (χ2v) is 8.24. The Kier molecular flexibility index (Phi) is 5.62. The summed E-state index contributed by atoms with van der Waals surface area (Å²) in [5, 5.41) is 3.98. The van der Waals surface area contributed by atoms with Gasteiger partial charge in [-0.3, -0.25) is 9.80 Å². The second-order valence-electron chi connectivity index (χ2n) is 8.24. The van der Waals surface area contributed by atoms with E-state index >= 15 is 0 Å². The van der Waals surface area contributed by atoms with Gasteiger partial charge in [0.05, 0.1) is 13.2 Å². The summed E-state index contributed by atoms with van der Waals surface area (Å²) in [4.78, 5) is 9.47. The number of hydrogen-bond donors (Lipinski definition) is 0. The van der Waals surface area contributed by atoms with Gasteiger partial charge in [0, 0.05) is 51.3 Å². The van der Waals surface area contributed by atoms with Gasteiger partial charge in [-0.25, -0.2) is 0 Å². The van der Waals surface area contributed by atoms with E-state index in [-0.39, 0.29) is 0 Å². The average molecular weight is 405 g/mol.